The maximum Gasteiger partial charge on any atom is 0.272 e. The van der Waals surface area contributed by atoms with Crippen LogP contribution >= 0.6 is 11.5 Å². The summed E-state index contributed by atoms with van der Waals surface area (Å²) >= 11 is 1.21. The van der Waals surface area contributed by atoms with E-state index in [9.17, 15) is 0 Å². The number of aromatic nitrogens is 2. The molecule has 1 aromatic carbocycles. The first kappa shape index (κ1) is 11.6. The van der Waals surface area contributed by atoms with Crippen LogP contribution in [0.1, 0.15) is 0 Å². The fourth-order valence-corrected chi connectivity index (χ4v) is 1.78. The number of benzene rings is 1. The summed E-state index contributed by atoms with van der Waals surface area (Å²) in [6.07, 6.45) is 0. The fourth-order valence-electron chi connectivity index (χ4n) is 1.24. The number of hydrogen-bond donors (Lipinski definition) is 2. The Balaban J connectivity index is 2.10. The number of nitrogens with two attached hydrogens (primary N) is 1. The second-order valence-electron chi connectivity index (χ2n) is 3.07. The number of hydrogen-bond acceptors (Lipinski definition) is 7. The summed E-state index contributed by atoms with van der Waals surface area (Å²) in [7, 11) is 1.63. The van der Waals surface area contributed by atoms with Crippen LogP contribution in [0.5, 0.6) is 11.6 Å². The van der Waals surface area contributed by atoms with Crippen LogP contribution in [0.4, 0.5) is 10.7 Å². The Morgan fingerprint density at radius 3 is 2.76 bits per heavy atom. The molecule has 7 heteroatoms. The second-order valence-corrected chi connectivity index (χ2v) is 3.83. The highest BCUT2D eigenvalue weighted by atomic mass is 32.1. The fraction of sp³-hybridized carbons (Fsp3) is 0.200. The van der Waals surface area contributed by atoms with Crippen LogP contribution in [-0.4, -0.2) is 23.4 Å². The molecule has 2 aromatic rings. The first-order chi connectivity index (χ1) is 8.33. The second kappa shape index (κ2) is 5.46. The van der Waals surface area contributed by atoms with E-state index in [2.05, 4.69) is 14.9 Å². The molecule has 3 N–H and O–H groups in total. The Hall–Kier alpha value is -1.86. The molecule has 0 atom stereocenters. The zero-order valence-corrected chi connectivity index (χ0v) is 10.0. The molecule has 0 aliphatic carbocycles. The van der Waals surface area contributed by atoms with E-state index in [1.807, 2.05) is 24.3 Å². The average molecular weight is 252 g/mol. The molecule has 0 saturated heterocycles. The highest BCUT2D eigenvalue weighted by Crippen LogP contribution is 2.29. The minimum Gasteiger partial charge on any atom is -0.497 e. The standard InChI is InChI=1S/C10H12N4O2S/c1-15-8-4-2-7(3-5-8)12-10-9(16-6-11)13-14-17-10/h2-5,12H,6,11H2,1H3. The van der Waals surface area contributed by atoms with E-state index in [0.717, 1.165) is 16.4 Å². The maximum absolute atomic E-state index is 5.29. The van der Waals surface area contributed by atoms with Gasteiger partial charge in [0.05, 0.1) is 7.11 Å². The van der Waals surface area contributed by atoms with Crippen LogP contribution in [0, 0.1) is 0 Å². The van der Waals surface area contributed by atoms with Gasteiger partial charge in [-0.15, -0.1) is 0 Å². The van der Waals surface area contributed by atoms with Crippen LogP contribution in [0.15, 0.2) is 24.3 Å². The van der Waals surface area contributed by atoms with Crippen molar-refractivity contribution < 1.29 is 9.47 Å². The molecule has 0 amide bonds. The van der Waals surface area contributed by atoms with E-state index in [-0.39, 0.29) is 6.73 Å². The van der Waals surface area contributed by atoms with Crippen molar-refractivity contribution in [3.8, 4) is 11.6 Å². The van der Waals surface area contributed by atoms with E-state index in [1.54, 1.807) is 7.11 Å². The third kappa shape index (κ3) is 2.83. The zero-order valence-electron chi connectivity index (χ0n) is 9.21. The quantitative estimate of drug-likeness (QED) is 0.786. The molecular formula is C10H12N4O2S. The predicted octanol–water partition coefficient (Wildman–Crippen LogP) is 1.59. The Morgan fingerprint density at radius 2 is 2.12 bits per heavy atom. The Morgan fingerprint density at radius 1 is 1.35 bits per heavy atom. The third-order valence-corrected chi connectivity index (χ3v) is 2.65. The van der Waals surface area contributed by atoms with Crippen molar-refractivity contribution in [1.29, 1.82) is 0 Å². The smallest absolute Gasteiger partial charge is 0.272 e. The summed E-state index contributed by atoms with van der Waals surface area (Å²) in [6.45, 7) is 0.0721. The molecule has 2 rings (SSSR count). The molecule has 6 nitrogen and oxygen atoms in total. The van der Waals surface area contributed by atoms with Gasteiger partial charge >= 0.3 is 0 Å². The molecule has 17 heavy (non-hydrogen) atoms. The Bertz CT molecular complexity index is 471. The van der Waals surface area contributed by atoms with Crippen molar-refractivity contribution >= 4 is 22.2 Å². The molecule has 1 aromatic heterocycles. The molecule has 0 aliphatic rings. The lowest BCUT2D eigenvalue weighted by Gasteiger charge is -2.06. The van der Waals surface area contributed by atoms with Gasteiger partial charge in [-0.05, 0) is 24.3 Å². The number of methoxy groups -OCH3 is 1. The summed E-state index contributed by atoms with van der Waals surface area (Å²) in [6, 6.07) is 7.51. The van der Waals surface area contributed by atoms with Crippen LogP contribution < -0.4 is 20.5 Å². The van der Waals surface area contributed by atoms with Gasteiger partial charge < -0.3 is 14.8 Å². The van der Waals surface area contributed by atoms with Crippen LogP contribution in [0.3, 0.4) is 0 Å². The lowest BCUT2D eigenvalue weighted by atomic mass is 10.3. The normalized spacial score (nSPS) is 10.0. The number of anilines is 2. The molecule has 0 fully saturated rings. The van der Waals surface area contributed by atoms with Crippen molar-refractivity contribution in [3.63, 3.8) is 0 Å². The van der Waals surface area contributed by atoms with Gasteiger partial charge in [0.25, 0.3) is 5.88 Å². The Kier molecular flexibility index (Phi) is 3.73. The van der Waals surface area contributed by atoms with Gasteiger partial charge in [-0.25, -0.2) is 0 Å². The highest BCUT2D eigenvalue weighted by Gasteiger charge is 2.08. The summed E-state index contributed by atoms with van der Waals surface area (Å²) in [5.41, 5.74) is 6.19. The van der Waals surface area contributed by atoms with Crippen LogP contribution in [-0.2, 0) is 0 Å². The van der Waals surface area contributed by atoms with Crippen LogP contribution in [0.2, 0.25) is 0 Å². The van der Waals surface area contributed by atoms with E-state index < -0.39 is 0 Å². The van der Waals surface area contributed by atoms with Gasteiger partial charge in [0.1, 0.15) is 12.5 Å². The Labute approximate surface area is 103 Å². The average Bonchev–Trinajstić information content (AvgIpc) is 2.78. The van der Waals surface area contributed by atoms with Gasteiger partial charge in [0, 0.05) is 17.2 Å². The van der Waals surface area contributed by atoms with Gasteiger partial charge in [-0.3, -0.25) is 5.73 Å². The molecule has 1 heterocycles. The molecule has 90 valence electrons. The number of nitrogens with one attached hydrogen (secondary N) is 1. The predicted molar refractivity (Wildman–Crippen MR) is 65.9 cm³/mol. The zero-order chi connectivity index (χ0) is 12.1. The van der Waals surface area contributed by atoms with Gasteiger partial charge in [-0.2, -0.15) is 0 Å². The van der Waals surface area contributed by atoms with E-state index >= 15 is 0 Å². The molecule has 0 radical (unpaired) electrons. The lowest BCUT2D eigenvalue weighted by molar-refractivity contribution is 0.318. The molecule has 0 aliphatic heterocycles. The van der Waals surface area contributed by atoms with E-state index in [4.69, 9.17) is 15.2 Å². The summed E-state index contributed by atoms with van der Waals surface area (Å²) in [5, 5.41) is 7.68. The van der Waals surface area contributed by atoms with Crippen LogP contribution in [0.25, 0.3) is 0 Å². The van der Waals surface area contributed by atoms with Crippen molar-refractivity contribution in [3.05, 3.63) is 24.3 Å². The van der Waals surface area contributed by atoms with Crippen molar-refractivity contribution in [2.45, 2.75) is 0 Å². The molecule has 0 saturated carbocycles. The van der Waals surface area contributed by atoms with Crippen molar-refractivity contribution in [1.82, 2.24) is 9.59 Å². The van der Waals surface area contributed by atoms with Crippen molar-refractivity contribution in [2.24, 2.45) is 5.73 Å². The summed E-state index contributed by atoms with van der Waals surface area (Å²) in [5.74, 6) is 1.21. The largest absolute Gasteiger partial charge is 0.497 e. The monoisotopic (exact) mass is 252 g/mol. The highest BCUT2D eigenvalue weighted by molar-refractivity contribution is 7.10. The van der Waals surface area contributed by atoms with Gasteiger partial charge in [0.15, 0.2) is 5.00 Å². The summed E-state index contributed by atoms with van der Waals surface area (Å²) < 4.78 is 14.0. The first-order valence-electron chi connectivity index (χ1n) is 4.90. The van der Waals surface area contributed by atoms with E-state index in [0.29, 0.717) is 5.88 Å². The topological polar surface area (TPSA) is 82.3 Å². The van der Waals surface area contributed by atoms with Gasteiger partial charge in [0.2, 0.25) is 0 Å². The maximum atomic E-state index is 5.29. The number of rotatable bonds is 5. The number of ether oxygens (including phenoxy) is 2. The minimum atomic E-state index is 0.0721. The SMILES string of the molecule is COc1ccc(Nc2snnc2OCN)cc1. The van der Waals surface area contributed by atoms with E-state index in [1.165, 1.54) is 11.5 Å². The molecule has 0 spiro atoms. The third-order valence-electron chi connectivity index (χ3n) is 2.03. The lowest BCUT2D eigenvalue weighted by Crippen LogP contribution is -2.08. The molecule has 0 unspecified atom stereocenters. The molecular weight excluding hydrogens is 240 g/mol. The number of nitrogens with zero attached hydrogens (tertiary/aromatic N) is 2. The van der Waals surface area contributed by atoms with Gasteiger partial charge in [-0.1, -0.05) is 9.59 Å². The summed E-state index contributed by atoms with van der Waals surface area (Å²) in [4.78, 5) is 0. The minimum absolute atomic E-state index is 0.0721. The van der Waals surface area contributed by atoms with Crippen molar-refractivity contribution in [2.75, 3.05) is 19.2 Å². The molecule has 0 bridgehead atoms. The first-order valence-corrected chi connectivity index (χ1v) is 5.67.